The number of hydrogen-bond donors (Lipinski definition) is 2. The summed E-state index contributed by atoms with van der Waals surface area (Å²) >= 11 is 0. The Hall–Kier alpha value is -1.64. The molecule has 2 aromatic rings. The van der Waals surface area contributed by atoms with Crippen LogP contribution in [0.2, 0.25) is 0 Å². The predicted molar refractivity (Wildman–Crippen MR) is 75.5 cm³/mol. The standard InChI is InChI=1S/C14H14.C2H6O2/c1-11-7-3-5-9-13(11)14-10-6-4-8-12(14)2;3-1-2-4/h3-10H,1-2H3;3-4H,1-2H2. The first-order chi connectivity index (χ1) is 8.70. The lowest BCUT2D eigenvalue weighted by Gasteiger charge is -2.08. The van der Waals surface area contributed by atoms with Crippen LogP contribution in [-0.2, 0) is 0 Å². The van der Waals surface area contributed by atoms with Crippen LogP contribution in [0.4, 0.5) is 0 Å². The molecule has 2 rings (SSSR count). The van der Waals surface area contributed by atoms with Gasteiger partial charge in [0.15, 0.2) is 0 Å². The Morgan fingerprint density at radius 2 is 1.00 bits per heavy atom. The van der Waals surface area contributed by atoms with Gasteiger partial charge in [0.05, 0.1) is 13.2 Å². The van der Waals surface area contributed by atoms with E-state index in [2.05, 4.69) is 62.4 Å². The first kappa shape index (κ1) is 14.4. The SMILES string of the molecule is Cc1ccccc1-c1ccccc1C.OCCO. The highest BCUT2D eigenvalue weighted by Crippen LogP contribution is 2.25. The van der Waals surface area contributed by atoms with Gasteiger partial charge in [0.2, 0.25) is 0 Å². The molecule has 2 heteroatoms. The van der Waals surface area contributed by atoms with Crippen molar-refractivity contribution in [3.8, 4) is 11.1 Å². The Morgan fingerprint density at radius 1 is 0.667 bits per heavy atom. The van der Waals surface area contributed by atoms with Gasteiger partial charge in [-0.05, 0) is 36.1 Å². The Kier molecular flexibility index (Phi) is 6.12. The number of aliphatic hydroxyl groups is 2. The summed E-state index contributed by atoms with van der Waals surface area (Å²) in [5, 5.41) is 15.2. The maximum Gasteiger partial charge on any atom is 0.0662 e. The third kappa shape index (κ3) is 3.99. The summed E-state index contributed by atoms with van der Waals surface area (Å²) in [6, 6.07) is 17.0. The molecule has 0 saturated carbocycles. The molecule has 0 aliphatic heterocycles. The van der Waals surface area contributed by atoms with Crippen LogP contribution in [0, 0.1) is 13.8 Å². The molecule has 0 amide bonds. The van der Waals surface area contributed by atoms with Crippen LogP contribution >= 0.6 is 0 Å². The monoisotopic (exact) mass is 244 g/mol. The molecule has 96 valence electrons. The van der Waals surface area contributed by atoms with E-state index in [1.807, 2.05) is 0 Å². The summed E-state index contributed by atoms with van der Waals surface area (Å²) < 4.78 is 0. The lowest BCUT2D eigenvalue weighted by Crippen LogP contribution is -1.85. The van der Waals surface area contributed by atoms with E-state index < -0.39 is 0 Å². The van der Waals surface area contributed by atoms with Crippen molar-refractivity contribution in [2.75, 3.05) is 13.2 Å². The Bertz CT molecular complexity index is 433. The summed E-state index contributed by atoms with van der Waals surface area (Å²) in [5.41, 5.74) is 5.35. The lowest BCUT2D eigenvalue weighted by atomic mass is 9.97. The van der Waals surface area contributed by atoms with Gasteiger partial charge in [-0.3, -0.25) is 0 Å². The largest absolute Gasteiger partial charge is 0.394 e. The topological polar surface area (TPSA) is 40.5 Å². The number of aliphatic hydroxyl groups excluding tert-OH is 2. The molecule has 18 heavy (non-hydrogen) atoms. The first-order valence-electron chi connectivity index (χ1n) is 6.04. The quantitative estimate of drug-likeness (QED) is 0.852. The first-order valence-corrected chi connectivity index (χ1v) is 6.04. The average molecular weight is 244 g/mol. The zero-order valence-corrected chi connectivity index (χ0v) is 10.9. The second-order valence-corrected chi connectivity index (χ2v) is 4.08. The lowest BCUT2D eigenvalue weighted by molar-refractivity contribution is 0.186. The normalized spacial score (nSPS) is 9.56. The Balaban J connectivity index is 0.000000357. The van der Waals surface area contributed by atoms with Gasteiger partial charge in [0, 0.05) is 0 Å². The number of rotatable bonds is 2. The zero-order chi connectivity index (χ0) is 13.4. The van der Waals surface area contributed by atoms with Gasteiger partial charge in [-0.1, -0.05) is 48.5 Å². The third-order valence-electron chi connectivity index (χ3n) is 2.68. The Morgan fingerprint density at radius 3 is 1.28 bits per heavy atom. The van der Waals surface area contributed by atoms with Crippen molar-refractivity contribution < 1.29 is 10.2 Å². The van der Waals surface area contributed by atoms with Gasteiger partial charge in [0.25, 0.3) is 0 Å². The van der Waals surface area contributed by atoms with Crippen molar-refractivity contribution in [1.29, 1.82) is 0 Å². The highest BCUT2D eigenvalue weighted by molar-refractivity contribution is 5.70. The van der Waals surface area contributed by atoms with Gasteiger partial charge < -0.3 is 10.2 Å². The molecule has 2 nitrogen and oxygen atoms in total. The van der Waals surface area contributed by atoms with Crippen molar-refractivity contribution in [1.82, 2.24) is 0 Å². The van der Waals surface area contributed by atoms with Gasteiger partial charge in [-0.25, -0.2) is 0 Å². The van der Waals surface area contributed by atoms with E-state index in [-0.39, 0.29) is 13.2 Å². The number of hydrogen-bond acceptors (Lipinski definition) is 2. The van der Waals surface area contributed by atoms with Crippen molar-refractivity contribution in [3.63, 3.8) is 0 Å². The molecule has 0 radical (unpaired) electrons. The predicted octanol–water partition coefficient (Wildman–Crippen LogP) is 2.94. The summed E-state index contributed by atoms with van der Waals surface area (Å²) in [7, 11) is 0. The van der Waals surface area contributed by atoms with Gasteiger partial charge in [-0.15, -0.1) is 0 Å². The maximum absolute atomic E-state index is 7.62. The van der Waals surface area contributed by atoms with Gasteiger partial charge in [-0.2, -0.15) is 0 Å². The minimum Gasteiger partial charge on any atom is -0.394 e. The van der Waals surface area contributed by atoms with Crippen molar-refractivity contribution >= 4 is 0 Å². The second-order valence-electron chi connectivity index (χ2n) is 4.08. The minimum absolute atomic E-state index is 0.125. The van der Waals surface area contributed by atoms with E-state index in [0.29, 0.717) is 0 Å². The highest BCUT2D eigenvalue weighted by atomic mass is 16.3. The molecular formula is C16H20O2. The molecule has 0 spiro atoms. The average Bonchev–Trinajstić information content (AvgIpc) is 2.41. The van der Waals surface area contributed by atoms with Gasteiger partial charge in [0.1, 0.15) is 0 Å². The molecule has 2 aromatic carbocycles. The fourth-order valence-corrected chi connectivity index (χ4v) is 1.75. The van der Waals surface area contributed by atoms with Crippen LogP contribution in [0.15, 0.2) is 48.5 Å². The molecule has 0 atom stereocenters. The molecule has 0 fully saturated rings. The van der Waals surface area contributed by atoms with E-state index >= 15 is 0 Å². The fraction of sp³-hybridized carbons (Fsp3) is 0.250. The summed E-state index contributed by atoms with van der Waals surface area (Å²) in [4.78, 5) is 0. The van der Waals surface area contributed by atoms with E-state index in [4.69, 9.17) is 10.2 Å². The summed E-state index contributed by atoms with van der Waals surface area (Å²) in [6.07, 6.45) is 0. The van der Waals surface area contributed by atoms with Gasteiger partial charge >= 0.3 is 0 Å². The molecule has 0 bridgehead atoms. The number of benzene rings is 2. The van der Waals surface area contributed by atoms with Crippen molar-refractivity contribution in [2.24, 2.45) is 0 Å². The van der Waals surface area contributed by atoms with Crippen LogP contribution < -0.4 is 0 Å². The molecule has 2 N–H and O–H groups in total. The molecular weight excluding hydrogens is 224 g/mol. The van der Waals surface area contributed by atoms with Crippen molar-refractivity contribution in [3.05, 3.63) is 59.7 Å². The summed E-state index contributed by atoms with van der Waals surface area (Å²) in [5.74, 6) is 0. The van der Waals surface area contributed by atoms with Crippen molar-refractivity contribution in [2.45, 2.75) is 13.8 Å². The highest BCUT2D eigenvalue weighted by Gasteiger charge is 2.02. The van der Waals surface area contributed by atoms with E-state index in [9.17, 15) is 0 Å². The van der Waals surface area contributed by atoms with E-state index in [1.165, 1.54) is 22.3 Å². The molecule has 0 aliphatic carbocycles. The molecule has 0 unspecified atom stereocenters. The molecule has 0 aliphatic rings. The van der Waals surface area contributed by atoms with Crippen LogP contribution in [0.3, 0.4) is 0 Å². The Labute approximate surface area is 109 Å². The molecule has 0 saturated heterocycles. The molecule has 0 heterocycles. The zero-order valence-electron chi connectivity index (χ0n) is 10.9. The molecule has 0 aromatic heterocycles. The van der Waals surface area contributed by atoms with Crippen LogP contribution in [-0.4, -0.2) is 23.4 Å². The van der Waals surface area contributed by atoms with E-state index in [1.54, 1.807) is 0 Å². The fourth-order valence-electron chi connectivity index (χ4n) is 1.75. The smallest absolute Gasteiger partial charge is 0.0662 e. The second kappa shape index (κ2) is 7.64. The minimum atomic E-state index is -0.125. The van der Waals surface area contributed by atoms with Crippen LogP contribution in [0.25, 0.3) is 11.1 Å². The number of aryl methyl sites for hydroxylation is 2. The van der Waals surface area contributed by atoms with E-state index in [0.717, 1.165) is 0 Å². The maximum atomic E-state index is 7.62. The third-order valence-corrected chi connectivity index (χ3v) is 2.68. The van der Waals surface area contributed by atoms with Crippen LogP contribution in [0.1, 0.15) is 11.1 Å². The summed E-state index contributed by atoms with van der Waals surface area (Å²) in [6.45, 7) is 4.06. The van der Waals surface area contributed by atoms with Crippen LogP contribution in [0.5, 0.6) is 0 Å².